The predicted octanol–water partition coefficient (Wildman–Crippen LogP) is 5.61. The van der Waals surface area contributed by atoms with Gasteiger partial charge in [-0.1, -0.05) is 66.7 Å². The molecule has 1 nitrogen and oxygen atoms in total. The molecule has 0 N–H and O–H groups in total. The van der Waals surface area contributed by atoms with Gasteiger partial charge < -0.3 is 0 Å². The minimum Gasteiger partial charge on any atom is -0.233 e. The zero-order chi connectivity index (χ0) is 13.3. The highest BCUT2D eigenvalue weighted by Gasteiger charge is 2.17. The Balaban J connectivity index is 3.50. The van der Waals surface area contributed by atoms with Gasteiger partial charge in [-0.05, 0) is 30.6 Å². The highest BCUT2D eigenvalue weighted by Crippen LogP contribution is 2.27. The molecular formula is C16H33O. The number of hydrogen-bond donors (Lipinski definition) is 0. The van der Waals surface area contributed by atoms with E-state index in [-0.39, 0.29) is 6.10 Å². The van der Waals surface area contributed by atoms with Crippen molar-refractivity contribution < 1.29 is 5.11 Å². The van der Waals surface area contributed by atoms with Crippen LogP contribution in [0.3, 0.4) is 0 Å². The van der Waals surface area contributed by atoms with Crippen molar-refractivity contribution in [2.45, 2.75) is 92.1 Å². The molecule has 17 heavy (non-hydrogen) atoms. The fourth-order valence-electron chi connectivity index (χ4n) is 1.94. The van der Waals surface area contributed by atoms with Gasteiger partial charge in [0.05, 0.1) is 6.10 Å². The molecule has 0 heterocycles. The molecule has 0 aliphatic rings. The first kappa shape index (κ1) is 17.0. The summed E-state index contributed by atoms with van der Waals surface area (Å²) in [5.41, 5.74) is 0.361. The van der Waals surface area contributed by atoms with Crippen molar-refractivity contribution in [3.63, 3.8) is 0 Å². The van der Waals surface area contributed by atoms with Crippen molar-refractivity contribution in [2.24, 2.45) is 11.3 Å². The Morgan fingerprint density at radius 3 is 2.12 bits per heavy atom. The molecule has 1 heteroatoms. The SMILES string of the molecule is CCC(C)CCCCC([O])CCC(C)(C)CC. The highest BCUT2D eigenvalue weighted by atomic mass is 16.3. The molecule has 2 unspecified atom stereocenters. The number of rotatable bonds is 10. The standard InChI is InChI=1S/C16H33O/c1-6-14(3)10-8-9-11-15(17)12-13-16(4,5)7-2/h14-15H,6-13H2,1-5H3. The molecule has 2 atom stereocenters. The van der Waals surface area contributed by atoms with Gasteiger partial charge >= 0.3 is 0 Å². The van der Waals surface area contributed by atoms with Gasteiger partial charge in [0.25, 0.3) is 0 Å². The fraction of sp³-hybridized carbons (Fsp3) is 1.00. The minimum absolute atomic E-state index is 0.322. The summed E-state index contributed by atoms with van der Waals surface area (Å²) < 4.78 is 0. The van der Waals surface area contributed by atoms with Gasteiger partial charge in [-0.25, -0.2) is 5.11 Å². The van der Waals surface area contributed by atoms with Crippen LogP contribution in [0.4, 0.5) is 0 Å². The normalized spacial score (nSPS) is 15.9. The van der Waals surface area contributed by atoms with Crippen LogP contribution in [-0.2, 0) is 5.11 Å². The molecule has 0 aromatic carbocycles. The van der Waals surface area contributed by atoms with Crippen LogP contribution in [0.25, 0.3) is 0 Å². The van der Waals surface area contributed by atoms with Gasteiger partial charge in [0.15, 0.2) is 0 Å². The quantitative estimate of drug-likeness (QED) is 0.443. The van der Waals surface area contributed by atoms with E-state index in [4.69, 9.17) is 0 Å². The summed E-state index contributed by atoms with van der Waals surface area (Å²) in [6.45, 7) is 11.3. The molecule has 0 saturated heterocycles. The Morgan fingerprint density at radius 2 is 1.59 bits per heavy atom. The van der Waals surface area contributed by atoms with Gasteiger partial charge in [-0.15, -0.1) is 0 Å². The molecule has 0 aromatic rings. The first-order valence-corrected chi connectivity index (χ1v) is 7.57. The minimum atomic E-state index is -0.322. The molecular weight excluding hydrogens is 208 g/mol. The van der Waals surface area contributed by atoms with E-state index < -0.39 is 0 Å². The third-order valence-electron chi connectivity index (χ3n) is 4.27. The van der Waals surface area contributed by atoms with Gasteiger partial charge in [-0.2, -0.15) is 0 Å². The van der Waals surface area contributed by atoms with Crippen LogP contribution in [0, 0.1) is 11.3 Å². The molecule has 0 aliphatic carbocycles. The van der Waals surface area contributed by atoms with E-state index in [1.807, 2.05) is 0 Å². The van der Waals surface area contributed by atoms with E-state index in [0.29, 0.717) is 5.41 Å². The van der Waals surface area contributed by atoms with Crippen molar-refractivity contribution in [3.8, 4) is 0 Å². The lowest BCUT2D eigenvalue weighted by molar-refractivity contribution is 0.0588. The van der Waals surface area contributed by atoms with Crippen molar-refractivity contribution in [2.75, 3.05) is 0 Å². The van der Waals surface area contributed by atoms with E-state index in [1.165, 1.54) is 25.7 Å². The summed E-state index contributed by atoms with van der Waals surface area (Å²) in [4.78, 5) is 0. The predicted molar refractivity (Wildman–Crippen MR) is 75.7 cm³/mol. The van der Waals surface area contributed by atoms with Gasteiger partial charge in [0.2, 0.25) is 0 Å². The smallest absolute Gasteiger partial charge is 0.0930 e. The van der Waals surface area contributed by atoms with Gasteiger partial charge in [-0.3, -0.25) is 0 Å². The van der Waals surface area contributed by atoms with Crippen LogP contribution in [0.2, 0.25) is 0 Å². The van der Waals surface area contributed by atoms with E-state index >= 15 is 0 Å². The Bertz CT molecular complexity index is 174. The maximum absolute atomic E-state index is 11.8. The molecule has 0 aromatic heterocycles. The first-order valence-electron chi connectivity index (χ1n) is 7.57. The molecule has 0 spiro atoms. The largest absolute Gasteiger partial charge is 0.233 e. The van der Waals surface area contributed by atoms with Crippen LogP contribution in [-0.4, -0.2) is 6.10 Å². The summed E-state index contributed by atoms with van der Waals surface area (Å²) in [6.07, 6.45) is 8.63. The highest BCUT2D eigenvalue weighted by molar-refractivity contribution is 4.69. The summed E-state index contributed by atoms with van der Waals surface area (Å²) in [7, 11) is 0. The maximum atomic E-state index is 11.8. The van der Waals surface area contributed by atoms with Crippen LogP contribution >= 0.6 is 0 Å². The fourth-order valence-corrected chi connectivity index (χ4v) is 1.94. The number of unbranched alkanes of at least 4 members (excludes halogenated alkanes) is 1. The Hall–Kier alpha value is -0.0400. The van der Waals surface area contributed by atoms with Crippen molar-refractivity contribution in [3.05, 3.63) is 0 Å². The second-order valence-electron chi connectivity index (χ2n) is 6.48. The van der Waals surface area contributed by atoms with Crippen LogP contribution in [0.1, 0.15) is 86.0 Å². The Kier molecular flexibility index (Phi) is 8.94. The average Bonchev–Trinajstić information content (AvgIpc) is 2.32. The maximum Gasteiger partial charge on any atom is 0.0930 e. The Labute approximate surface area is 109 Å². The van der Waals surface area contributed by atoms with E-state index in [9.17, 15) is 5.11 Å². The summed E-state index contributed by atoms with van der Waals surface area (Å²) in [5, 5.41) is 11.8. The molecule has 103 valence electrons. The molecule has 0 rings (SSSR count). The first-order chi connectivity index (χ1) is 7.91. The lowest BCUT2D eigenvalue weighted by atomic mass is 9.84. The monoisotopic (exact) mass is 241 g/mol. The summed E-state index contributed by atoms with van der Waals surface area (Å²) in [6, 6.07) is 0. The zero-order valence-corrected chi connectivity index (χ0v) is 12.7. The topological polar surface area (TPSA) is 19.9 Å². The summed E-state index contributed by atoms with van der Waals surface area (Å²) >= 11 is 0. The second kappa shape index (κ2) is 8.97. The second-order valence-corrected chi connectivity index (χ2v) is 6.48. The van der Waals surface area contributed by atoms with Crippen LogP contribution in [0.15, 0.2) is 0 Å². The molecule has 0 fully saturated rings. The Morgan fingerprint density at radius 1 is 1.00 bits per heavy atom. The molecule has 0 saturated carbocycles. The molecule has 0 bridgehead atoms. The summed E-state index contributed by atoms with van der Waals surface area (Å²) in [5.74, 6) is 0.833. The average molecular weight is 241 g/mol. The number of hydrogen-bond acceptors (Lipinski definition) is 0. The van der Waals surface area contributed by atoms with Crippen LogP contribution < -0.4 is 0 Å². The third-order valence-corrected chi connectivity index (χ3v) is 4.27. The van der Waals surface area contributed by atoms with E-state index in [1.54, 1.807) is 0 Å². The lowest BCUT2D eigenvalue weighted by Gasteiger charge is -2.23. The third kappa shape index (κ3) is 9.64. The lowest BCUT2D eigenvalue weighted by Crippen LogP contribution is -2.14. The van der Waals surface area contributed by atoms with Gasteiger partial charge in [0.1, 0.15) is 0 Å². The van der Waals surface area contributed by atoms with Crippen LogP contribution in [0.5, 0.6) is 0 Å². The molecule has 1 radical (unpaired) electrons. The van der Waals surface area contributed by atoms with Gasteiger partial charge in [0, 0.05) is 0 Å². The molecule has 0 amide bonds. The van der Waals surface area contributed by atoms with Crippen molar-refractivity contribution in [1.82, 2.24) is 0 Å². The zero-order valence-electron chi connectivity index (χ0n) is 12.7. The van der Waals surface area contributed by atoms with E-state index in [2.05, 4.69) is 34.6 Å². The molecule has 0 aliphatic heterocycles. The van der Waals surface area contributed by atoms with Crippen molar-refractivity contribution >= 4 is 0 Å². The van der Waals surface area contributed by atoms with Crippen molar-refractivity contribution in [1.29, 1.82) is 0 Å². The van der Waals surface area contributed by atoms with E-state index in [0.717, 1.165) is 31.6 Å².